The predicted molar refractivity (Wildman–Crippen MR) is 89.8 cm³/mol. The zero-order valence-corrected chi connectivity index (χ0v) is 12.7. The molecular weight excluding hydrogens is 288 g/mol. The van der Waals surface area contributed by atoms with Crippen molar-refractivity contribution in [1.82, 2.24) is 0 Å². The topological polar surface area (TPSA) is 57.5 Å². The maximum Gasteiger partial charge on any atom is 0.193 e. The number of carbonyl (C=O) groups excluding carboxylic acids is 1. The average molecular weight is 304 g/mol. The summed E-state index contributed by atoms with van der Waals surface area (Å²) in [6.07, 6.45) is 0. The van der Waals surface area contributed by atoms with E-state index in [1.807, 2.05) is 31.2 Å². The van der Waals surface area contributed by atoms with Crippen LogP contribution in [0.15, 0.2) is 66.7 Å². The van der Waals surface area contributed by atoms with Gasteiger partial charge in [-0.3, -0.25) is 4.79 Å². The van der Waals surface area contributed by atoms with Crippen molar-refractivity contribution in [3.63, 3.8) is 0 Å². The minimum absolute atomic E-state index is 0.118. The first-order chi connectivity index (χ1) is 11.0. The molecular formula is C20H16O3. The Bertz CT molecular complexity index is 847. The second-order valence-electron chi connectivity index (χ2n) is 5.47. The van der Waals surface area contributed by atoms with Crippen LogP contribution in [0.4, 0.5) is 0 Å². The first kappa shape index (κ1) is 14.9. The van der Waals surface area contributed by atoms with Crippen molar-refractivity contribution in [1.29, 1.82) is 0 Å². The summed E-state index contributed by atoms with van der Waals surface area (Å²) in [4.78, 5) is 12.5. The molecule has 0 spiro atoms. The third-order valence-corrected chi connectivity index (χ3v) is 3.75. The Hall–Kier alpha value is -3.07. The standard InChI is InChI=1S/C20H16O3/c1-13-2-4-14(5-3-13)18-12-16(8-11-19(18)22)20(23)15-6-9-17(21)10-7-15/h2-12,21-22H,1H3. The molecule has 0 aliphatic heterocycles. The van der Waals surface area contributed by atoms with E-state index in [0.29, 0.717) is 16.7 Å². The average Bonchev–Trinajstić information content (AvgIpc) is 2.56. The first-order valence-corrected chi connectivity index (χ1v) is 7.28. The van der Waals surface area contributed by atoms with E-state index in [4.69, 9.17) is 0 Å². The molecule has 0 bridgehead atoms. The Balaban J connectivity index is 2.01. The van der Waals surface area contributed by atoms with Crippen molar-refractivity contribution < 1.29 is 15.0 Å². The summed E-state index contributed by atoms with van der Waals surface area (Å²) in [6, 6.07) is 18.7. The summed E-state index contributed by atoms with van der Waals surface area (Å²) in [7, 11) is 0. The molecule has 23 heavy (non-hydrogen) atoms. The van der Waals surface area contributed by atoms with Crippen molar-refractivity contribution in [2.24, 2.45) is 0 Å². The van der Waals surface area contributed by atoms with Gasteiger partial charge >= 0.3 is 0 Å². The Kier molecular flexibility index (Phi) is 3.85. The Morgan fingerprint density at radius 2 is 1.39 bits per heavy atom. The van der Waals surface area contributed by atoms with E-state index in [1.54, 1.807) is 24.3 Å². The molecule has 3 heteroatoms. The highest BCUT2D eigenvalue weighted by atomic mass is 16.3. The number of rotatable bonds is 3. The molecule has 0 fully saturated rings. The Morgan fingerprint density at radius 1 is 0.783 bits per heavy atom. The van der Waals surface area contributed by atoms with Gasteiger partial charge in [-0.2, -0.15) is 0 Å². The highest BCUT2D eigenvalue weighted by Gasteiger charge is 2.13. The molecule has 3 aromatic carbocycles. The maximum atomic E-state index is 12.5. The molecule has 0 aliphatic carbocycles. The van der Waals surface area contributed by atoms with E-state index in [1.165, 1.54) is 18.2 Å². The van der Waals surface area contributed by atoms with E-state index in [2.05, 4.69) is 0 Å². The van der Waals surface area contributed by atoms with Gasteiger partial charge in [-0.15, -0.1) is 0 Å². The SMILES string of the molecule is Cc1ccc(-c2cc(C(=O)c3ccc(O)cc3)ccc2O)cc1. The molecule has 0 atom stereocenters. The van der Waals surface area contributed by atoms with Gasteiger partial charge in [0.25, 0.3) is 0 Å². The lowest BCUT2D eigenvalue weighted by Gasteiger charge is -2.08. The number of phenolic OH excluding ortho intramolecular Hbond substituents is 2. The number of phenols is 2. The largest absolute Gasteiger partial charge is 0.508 e. The maximum absolute atomic E-state index is 12.5. The summed E-state index contributed by atoms with van der Waals surface area (Å²) >= 11 is 0. The second-order valence-corrected chi connectivity index (χ2v) is 5.47. The van der Waals surface area contributed by atoms with Gasteiger partial charge in [0.2, 0.25) is 0 Å². The van der Waals surface area contributed by atoms with Gasteiger partial charge in [0.1, 0.15) is 11.5 Å². The fourth-order valence-electron chi connectivity index (χ4n) is 2.42. The summed E-state index contributed by atoms with van der Waals surface area (Å²) in [5.74, 6) is 0.0991. The lowest BCUT2D eigenvalue weighted by molar-refractivity contribution is 0.103. The van der Waals surface area contributed by atoms with Crippen LogP contribution in [-0.4, -0.2) is 16.0 Å². The van der Waals surface area contributed by atoms with Crippen LogP contribution in [0.5, 0.6) is 11.5 Å². The number of hydrogen-bond donors (Lipinski definition) is 2. The van der Waals surface area contributed by atoms with Crippen molar-refractivity contribution in [2.75, 3.05) is 0 Å². The number of ketones is 1. The van der Waals surface area contributed by atoms with Crippen LogP contribution in [0, 0.1) is 6.92 Å². The smallest absolute Gasteiger partial charge is 0.193 e. The van der Waals surface area contributed by atoms with E-state index in [0.717, 1.165) is 11.1 Å². The highest BCUT2D eigenvalue weighted by molar-refractivity contribution is 6.09. The van der Waals surface area contributed by atoms with E-state index in [9.17, 15) is 15.0 Å². The normalized spacial score (nSPS) is 10.5. The second kappa shape index (κ2) is 5.97. The van der Waals surface area contributed by atoms with Gasteiger partial charge in [0, 0.05) is 16.7 Å². The van der Waals surface area contributed by atoms with Crippen molar-refractivity contribution >= 4 is 5.78 Å². The molecule has 114 valence electrons. The number of aryl methyl sites for hydroxylation is 1. The minimum atomic E-state index is -0.154. The molecule has 3 aromatic rings. The highest BCUT2D eigenvalue weighted by Crippen LogP contribution is 2.31. The number of benzene rings is 3. The molecule has 0 aromatic heterocycles. The molecule has 0 heterocycles. The van der Waals surface area contributed by atoms with Crippen LogP contribution in [0.25, 0.3) is 11.1 Å². The van der Waals surface area contributed by atoms with Crippen molar-refractivity contribution in [3.8, 4) is 22.6 Å². The molecule has 0 radical (unpaired) electrons. The number of hydrogen-bond acceptors (Lipinski definition) is 3. The van der Waals surface area contributed by atoms with Gasteiger partial charge in [0.05, 0.1) is 0 Å². The van der Waals surface area contributed by atoms with Gasteiger partial charge in [0.15, 0.2) is 5.78 Å². The first-order valence-electron chi connectivity index (χ1n) is 7.28. The van der Waals surface area contributed by atoms with Crippen molar-refractivity contribution in [3.05, 3.63) is 83.4 Å². The summed E-state index contributed by atoms with van der Waals surface area (Å²) in [5.41, 5.74) is 3.58. The van der Waals surface area contributed by atoms with Crippen LogP contribution in [-0.2, 0) is 0 Å². The monoisotopic (exact) mass is 304 g/mol. The fourth-order valence-corrected chi connectivity index (χ4v) is 2.42. The summed E-state index contributed by atoms with van der Waals surface area (Å²) < 4.78 is 0. The van der Waals surface area contributed by atoms with Crippen LogP contribution in [0.3, 0.4) is 0 Å². The molecule has 0 saturated carbocycles. The molecule has 3 nitrogen and oxygen atoms in total. The number of aromatic hydroxyl groups is 2. The zero-order valence-electron chi connectivity index (χ0n) is 12.7. The lowest BCUT2D eigenvalue weighted by Crippen LogP contribution is -2.01. The molecule has 0 unspecified atom stereocenters. The molecule has 3 rings (SSSR count). The Morgan fingerprint density at radius 3 is 2.04 bits per heavy atom. The van der Waals surface area contributed by atoms with Crippen LogP contribution in [0.1, 0.15) is 21.5 Å². The van der Waals surface area contributed by atoms with Gasteiger partial charge < -0.3 is 10.2 Å². The lowest BCUT2D eigenvalue weighted by atomic mass is 9.97. The van der Waals surface area contributed by atoms with Crippen molar-refractivity contribution in [2.45, 2.75) is 6.92 Å². The minimum Gasteiger partial charge on any atom is -0.508 e. The van der Waals surface area contributed by atoms with E-state index < -0.39 is 0 Å². The molecule has 0 amide bonds. The molecule has 2 N–H and O–H groups in total. The van der Waals surface area contributed by atoms with Crippen LogP contribution in [0.2, 0.25) is 0 Å². The molecule has 0 aliphatic rings. The zero-order chi connectivity index (χ0) is 16.4. The Labute approximate surface area is 134 Å². The van der Waals surface area contributed by atoms with Crippen LogP contribution >= 0.6 is 0 Å². The number of carbonyl (C=O) groups is 1. The predicted octanol–water partition coefficient (Wildman–Crippen LogP) is 4.30. The van der Waals surface area contributed by atoms with E-state index >= 15 is 0 Å². The van der Waals surface area contributed by atoms with E-state index in [-0.39, 0.29) is 17.3 Å². The molecule has 0 saturated heterocycles. The van der Waals surface area contributed by atoms with Crippen LogP contribution < -0.4 is 0 Å². The summed E-state index contributed by atoms with van der Waals surface area (Å²) in [5, 5.41) is 19.4. The fraction of sp³-hybridized carbons (Fsp3) is 0.0500. The quantitative estimate of drug-likeness (QED) is 0.709. The van der Waals surface area contributed by atoms with Gasteiger partial charge in [-0.1, -0.05) is 29.8 Å². The van der Waals surface area contributed by atoms with Gasteiger partial charge in [-0.25, -0.2) is 0 Å². The third kappa shape index (κ3) is 3.09. The van der Waals surface area contributed by atoms with Gasteiger partial charge in [-0.05, 0) is 55.0 Å². The third-order valence-electron chi connectivity index (χ3n) is 3.75. The summed E-state index contributed by atoms with van der Waals surface area (Å²) in [6.45, 7) is 1.99.